The molecule has 0 fully saturated rings. The maximum absolute atomic E-state index is 11.4. The number of halogens is 1. The Morgan fingerprint density at radius 3 is 2.38 bits per heavy atom. The molecule has 4 nitrogen and oxygen atoms in total. The lowest BCUT2D eigenvalue weighted by molar-refractivity contribution is -0.134. The first-order valence-electron chi connectivity index (χ1n) is 3.64. The molecule has 76 valence electrons. The molecule has 1 N–H and O–H groups in total. The van der Waals surface area contributed by atoms with Crippen LogP contribution in [0.2, 0.25) is 0 Å². The molecule has 0 aliphatic carbocycles. The van der Waals surface area contributed by atoms with Gasteiger partial charge >= 0.3 is 5.97 Å². The Hall–Kier alpha value is 0.180. The maximum atomic E-state index is 11.4. The number of carboxylic acid groups (broad SMARTS) is 1. The highest BCUT2D eigenvalue weighted by Crippen LogP contribution is 2.28. The molecule has 13 heavy (non-hydrogen) atoms. The van der Waals surface area contributed by atoms with Gasteiger partial charge in [0.15, 0.2) is 5.78 Å². The fourth-order valence-electron chi connectivity index (χ4n) is 0.690. The summed E-state index contributed by atoms with van der Waals surface area (Å²) in [6.45, 7) is 3.16. The predicted octanol–water partition coefficient (Wildman–Crippen LogP) is 0.950. The molecule has 0 aromatic rings. The number of hydrogen-bond donors (Lipinski definition) is 1. The van der Waals surface area contributed by atoms with Crippen molar-refractivity contribution in [2.24, 2.45) is 0 Å². The Morgan fingerprint density at radius 2 is 2.08 bits per heavy atom. The second kappa shape index (κ2) is 5.16. The molecule has 0 heterocycles. The van der Waals surface area contributed by atoms with Crippen molar-refractivity contribution in [3.05, 3.63) is 0 Å². The van der Waals surface area contributed by atoms with Crippen LogP contribution in [0.1, 0.15) is 20.3 Å². The van der Waals surface area contributed by atoms with Gasteiger partial charge < -0.3 is 9.66 Å². The summed E-state index contributed by atoms with van der Waals surface area (Å²) in [5.74, 6) is -1.82. The number of aliphatic carboxylic acids is 1. The van der Waals surface area contributed by atoms with Gasteiger partial charge in [-0.15, -0.1) is 0 Å². The Bertz CT molecular complexity index is 217. The minimum absolute atomic E-state index is 0.187. The van der Waals surface area contributed by atoms with Crippen molar-refractivity contribution in [2.45, 2.75) is 23.0 Å². The molecule has 0 aromatic carbocycles. The zero-order chi connectivity index (χ0) is 10.6. The smallest absolute Gasteiger partial charge is 0.353 e. The number of rotatable bonds is 5. The quantitative estimate of drug-likeness (QED) is 0.465. The monoisotopic (exact) mass is 318 g/mol. The van der Waals surface area contributed by atoms with Crippen LogP contribution in [0.4, 0.5) is 0 Å². The van der Waals surface area contributed by atoms with Crippen molar-refractivity contribution >= 4 is 45.5 Å². The molecule has 0 aliphatic heterocycles. The van der Waals surface area contributed by atoms with Crippen LogP contribution >= 0.6 is 22.6 Å². The van der Waals surface area contributed by atoms with E-state index >= 15 is 0 Å². The Labute approximate surface area is 93.4 Å². The van der Waals surface area contributed by atoms with E-state index in [4.69, 9.17) is 5.11 Å². The summed E-state index contributed by atoms with van der Waals surface area (Å²) in [6, 6.07) is 0. The number of Topliss-reactive ketones (excluding diaryl/α,β-unsaturated/α-hetero) is 1. The van der Waals surface area contributed by atoms with E-state index in [1.165, 1.54) is 6.92 Å². The van der Waals surface area contributed by atoms with Crippen LogP contribution in [0, 0.1) is 0 Å². The molecule has 0 saturated carbocycles. The minimum Gasteiger partial charge on any atom is -0.615 e. The third kappa shape index (κ3) is 3.82. The molecule has 0 aromatic heterocycles. The SMILES string of the molecule is CCC(=O)C(C)(I)[S+]([O-])CC(=O)O. The molecule has 0 saturated heterocycles. The van der Waals surface area contributed by atoms with Gasteiger partial charge in [-0.1, -0.05) is 6.92 Å². The number of hydrogen-bond acceptors (Lipinski definition) is 3. The Morgan fingerprint density at radius 1 is 1.62 bits per heavy atom. The van der Waals surface area contributed by atoms with Crippen molar-refractivity contribution in [3.8, 4) is 0 Å². The van der Waals surface area contributed by atoms with Crippen LogP contribution in [0.5, 0.6) is 0 Å². The van der Waals surface area contributed by atoms with Gasteiger partial charge in [0.05, 0.1) is 0 Å². The maximum Gasteiger partial charge on any atom is 0.353 e. The highest BCUT2D eigenvalue weighted by atomic mass is 127. The van der Waals surface area contributed by atoms with Gasteiger partial charge in [0.1, 0.15) is 0 Å². The first kappa shape index (κ1) is 13.2. The molecule has 2 unspecified atom stereocenters. The van der Waals surface area contributed by atoms with Crippen molar-refractivity contribution in [1.29, 1.82) is 0 Å². The lowest BCUT2D eigenvalue weighted by Gasteiger charge is -2.23. The normalized spacial score (nSPS) is 17.5. The highest BCUT2D eigenvalue weighted by molar-refractivity contribution is 14.1. The van der Waals surface area contributed by atoms with Gasteiger partial charge in [-0.05, 0) is 33.8 Å². The van der Waals surface area contributed by atoms with E-state index in [0.717, 1.165) is 0 Å². The summed E-state index contributed by atoms with van der Waals surface area (Å²) < 4.78 is 10.3. The van der Waals surface area contributed by atoms with Gasteiger partial charge in [0, 0.05) is 13.3 Å². The largest absolute Gasteiger partial charge is 0.615 e. The van der Waals surface area contributed by atoms with Gasteiger partial charge in [0.2, 0.25) is 8.51 Å². The fourth-order valence-corrected chi connectivity index (χ4v) is 2.43. The Balaban J connectivity index is 4.43. The average Bonchev–Trinajstić information content (AvgIpc) is 2.01. The summed E-state index contributed by atoms with van der Waals surface area (Å²) in [5.41, 5.74) is 0. The summed E-state index contributed by atoms with van der Waals surface area (Å²) in [6.07, 6.45) is 0.269. The summed E-state index contributed by atoms with van der Waals surface area (Å²) in [4.78, 5) is 21.5. The van der Waals surface area contributed by atoms with Crippen LogP contribution in [-0.2, 0) is 20.8 Å². The molecule has 0 aliphatic rings. The summed E-state index contributed by atoms with van der Waals surface area (Å²) in [5, 5.41) is 8.39. The van der Waals surface area contributed by atoms with Gasteiger partial charge in [-0.25, -0.2) is 4.79 Å². The molecule has 0 radical (unpaired) electrons. The molecule has 2 atom stereocenters. The summed E-state index contributed by atoms with van der Waals surface area (Å²) >= 11 is 0.0952. The molecular formula is C7H11IO4S. The highest BCUT2D eigenvalue weighted by Gasteiger charge is 2.41. The zero-order valence-corrected chi connectivity index (χ0v) is 10.3. The average molecular weight is 318 g/mol. The second-order valence-electron chi connectivity index (χ2n) is 2.58. The Kier molecular flexibility index (Phi) is 5.23. The van der Waals surface area contributed by atoms with E-state index in [2.05, 4.69) is 0 Å². The van der Waals surface area contributed by atoms with Crippen molar-refractivity contribution in [1.82, 2.24) is 0 Å². The lowest BCUT2D eigenvalue weighted by Crippen LogP contribution is -2.40. The third-order valence-corrected chi connectivity index (χ3v) is 5.17. The number of carbonyl (C=O) groups excluding carboxylic acids is 1. The van der Waals surface area contributed by atoms with E-state index in [1.807, 2.05) is 0 Å². The van der Waals surface area contributed by atoms with Gasteiger partial charge in [-0.3, -0.25) is 4.79 Å². The number of alkyl halides is 1. The lowest BCUT2D eigenvalue weighted by atomic mass is 10.2. The van der Waals surface area contributed by atoms with E-state index in [1.54, 1.807) is 29.5 Å². The van der Waals surface area contributed by atoms with Gasteiger partial charge in [0.25, 0.3) is 0 Å². The van der Waals surface area contributed by atoms with E-state index in [-0.39, 0.29) is 12.2 Å². The topological polar surface area (TPSA) is 77.4 Å². The van der Waals surface area contributed by atoms with Crippen LogP contribution in [0.15, 0.2) is 0 Å². The number of ketones is 1. The first-order valence-corrected chi connectivity index (χ1v) is 6.04. The fraction of sp³-hybridized carbons (Fsp3) is 0.714. The molecular weight excluding hydrogens is 307 g/mol. The van der Waals surface area contributed by atoms with E-state index in [9.17, 15) is 14.1 Å². The molecule has 0 spiro atoms. The number of carbonyl (C=O) groups is 2. The first-order chi connectivity index (χ1) is 5.82. The molecule has 0 bridgehead atoms. The summed E-state index contributed by atoms with van der Waals surface area (Å²) in [7, 11) is 0. The number of carboxylic acids is 1. The van der Waals surface area contributed by atoms with Crippen LogP contribution in [-0.4, -0.2) is 29.9 Å². The van der Waals surface area contributed by atoms with Crippen LogP contribution in [0.3, 0.4) is 0 Å². The van der Waals surface area contributed by atoms with E-state index in [0.29, 0.717) is 0 Å². The zero-order valence-electron chi connectivity index (χ0n) is 7.37. The van der Waals surface area contributed by atoms with Crippen molar-refractivity contribution in [2.75, 3.05) is 5.75 Å². The van der Waals surface area contributed by atoms with E-state index < -0.39 is 25.7 Å². The predicted molar refractivity (Wildman–Crippen MR) is 58.4 cm³/mol. The second-order valence-corrected chi connectivity index (χ2v) is 7.26. The van der Waals surface area contributed by atoms with Crippen LogP contribution < -0.4 is 0 Å². The third-order valence-electron chi connectivity index (χ3n) is 1.50. The van der Waals surface area contributed by atoms with Crippen molar-refractivity contribution in [3.63, 3.8) is 0 Å². The van der Waals surface area contributed by atoms with Crippen LogP contribution in [0.25, 0.3) is 0 Å². The van der Waals surface area contributed by atoms with Crippen molar-refractivity contribution < 1.29 is 19.2 Å². The molecule has 0 amide bonds. The molecule has 0 rings (SSSR count). The standard InChI is InChI=1S/C7H11IO4S/c1-3-5(9)7(2,8)13(12)4-6(10)11/h3-4H2,1-2H3,(H,10,11). The van der Waals surface area contributed by atoms with Gasteiger partial charge in [-0.2, -0.15) is 0 Å². The minimum atomic E-state index is -1.65. The molecule has 6 heteroatoms.